The molecule has 0 aliphatic carbocycles. The van der Waals surface area contributed by atoms with E-state index in [0.717, 1.165) is 0 Å². The topological polar surface area (TPSA) is 95.7 Å². The largest absolute Gasteiger partial charge is 0.478 e. The van der Waals surface area contributed by atoms with Crippen molar-refractivity contribution in [2.24, 2.45) is 0 Å². The number of hydrogen-bond acceptors (Lipinski definition) is 4. The summed E-state index contributed by atoms with van der Waals surface area (Å²) in [4.78, 5) is 24.7. The highest BCUT2D eigenvalue weighted by Gasteiger charge is 2.16. The third kappa shape index (κ3) is 3.77. The first-order valence-corrected chi connectivity index (χ1v) is 6.62. The van der Waals surface area contributed by atoms with Crippen LogP contribution in [-0.2, 0) is 4.79 Å². The van der Waals surface area contributed by atoms with E-state index in [1.165, 1.54) is 12.1 Å². The number of hydrogen-bond donors (Lipinski definition) is 3. The number of carbonyl (C=O) groups is 2. The van der Waals surface area contributed by atoms with Crippen LogP contribution in [0.15, 0.2) is 12.1 Å². The lowest BCUT2D eigenvalue weighted by Crippen LogP contribution is -2.35. The monoisotopic (exact) mass is 299 g/mol. The molecular formula is C13H18ClN3O3. The second kappa shape index (κ2) is 7.00. The van der Waals surface area contributed by atoms with Gasteiger partial charge in [-0.25, -0.2) is 4.79 Å². The number of carbonyl (C=O) groups excluding carboxylic acids is 1. The van der Waals surface area contributed by atoms with E-state index >= 15 is 0 Å². The summed E-state index contributed by atoms with van der Waals surface area (Å²) in [5, 5.41) is 12.1. The molecule has 0 aromatic heterocycles. The van der Waals surface area contributed by atoms with Gasteiger partial charge in [0.1, 0.15) is 0 Å². The number of aromatic carboxylic acids is 1. The molecule has 0 spiro atoms. The molecule has 1 amide bonds. The van der Waals surface area contributed by atoms with Crippen molar-refractivity contribution in [3.8, 4) is 0 Å². The van der Waals surface area contributed by atoms with E-state index in [4.69, 9.17) is 22.4 Å². The summed E-state index contributed by atoms with van der Waals surface area (Å²) in [6.45, 7) is 4.92. The van der Waals surface area contributed by atoms with Gasteiger partial charge in [0.15, 0.2) is 0 Å². The number of benzene rings is 1. The third-order valence-corrected chi connectivity index (χ3v) is 3.17. The van der Waals surface area contributed by atoms with Crippen LogP contribution in [0.1, 0.15) is 24.2 Å². The molecule has 0 atom stereocenters. The number of amides is 1. The molecule has 1 rings (SSSR count). The fourth-order valence-corrected chi connectivity index (χ4v) is 2.12. The minimum absolute atomic E-state index is 0.0222. The Morgan fingerprint density at radius 1 is 1.35 bits per heavy atom. The van der Waals surface area contributed by atoms with Crippen molar-refractivity contribution in [1.82, 2.24) is 4.90 Å². The van der Waals surface area contributed by atoms with E-state index in [1.807, 2.05) is 13.8 Å². The van der Waals surface area contributed by atoms with Crippen LogP contribution in [-0.4, -0.2) is 41.5 Å². The van der Waals surface area contributed by atoms with Gasteiger partial charge in [-0.05, 0) is 26.0 Å². The Morgan fingerprint density at radius 3 is 2.45 bits per heavy atom. The first kappa shape index (κ1) is 16.1. The predicted octanol–water partition coefficient (Wildman–Crippen LogP) is 1.90. The van der Waals surface area contributed by atoms with Gasteiger partial charge < -0.3 is 21.1 Å². The first-order valence-electron chi connectivity index (χ1n) is 6.24. The van der Waals surface area contributed by atoms with Crippen LogP contribution in [0.3, 0.4) is 0 Å². The van der Waals surface area contributed by atoms with Gasteiger partial charge in [0.25, 0.3) is 0 Å². The van der Waals surface area contributed by atoms with Crippen LogP contribution in [0.2, 0.25) is 5.02 Å². The predicted molar refractivity (Wildman–Crippen MR) is 79.2 cm³/mol. The van der Waals surface area contributed by atoms with E-state index in [2.05, 4.69) is 5.32 Å². The van der Waals surface area contributed by atoms with E-state index in [1.54, 1.807) is 4.90 Å². The molecule has 6 nitrogen and oxygen atoms in total. The Hall–Kier alpha value is -1.95. The second-order valence-corrected chi connectivity index (χ2v) is 4.56. The molecule has 0 aliphatic rings. The number of nitrogen functional groups attached to an aromatic ring is 1. The third-order valence-electron chi connectivity index (χ3n) is 2.88. The fourth-order valence-electron chi connectivity index (χ4n) is 1.83. The number of rotatable bonds is 6. The van der Waals surface area contributed by atoms with Gasteiger partial charge in [0, 0.05) is 18.8 Å². The molecule has 20 heavy (non-hydrogen) atoms. The highest BCUT2D eigenvalue weighted by Crippen LogP contribution is 2.29. The molecule has 0 bridgehead atoms. The second-order valence-electron chi connectivity index (χ2n) is 4.15. The fraction of sp³-hybridized carbons (Fsp3) is 0.385. The summed E-state index contributed by atoms with van der Waals surface area (Å²) in [6.07, 6.45) is 0. The van der Waals surface area contributed by atoms with Crippen molar-refractivity contribution in [3.63, 3.8) is 0 Å². The van der Waals surface area contributed by atoms with Crippen molar-refractivity contribution in [1.29, 1.82) is 0 Å². The minimum atomic E-state index is -1.16. The van der Waals surface area contributed by atoms with Crippen LogP contribution < -0.4 is 11.1 Å². The highest BCUT2D eigenvalue weighted by molar-refractivity contribution is 6.34. The molecule has 0 fully saturated rings. The Kier molecular flexibility index (Phi) is 5.64. The molecule has 110 valence electrons. The summed E-state index contributed by atoms with van der Waals surface area (Å²) in [5.74, 6) is -1.28. The van der Waals surface area contributed by atoms with Crippen LogP contribution in [0.5, 0.6) is 0 Å². The molecule has 0 unspecified atom stereocenters. The number of likely N-dealkylation sites (N-methyl/N-ethyl adjacent to an activating group) is 1. The quantitative estimate of drug-likeness (QED) is 0.697. The SMILES string of the molecule is CCN(CC)C(=O)CNc1c(Cl)cc(N)cc1C(=O)O. The zero-order valence-corrected chi connectivity index (χ0v) is 12.2. The van der Waals surface area contributed by atoms with Crippen LogP contribution in [0, 0.1) is 0 Å². The summed E-state index contributed by atoms with van der Waals surface area (Å²) < 4.78 is 0. The molecule has 0 saturated heterocycles. The van der Waals surface area contributed by atoms with Gasteiger partial charge in [-0.15, -0.1) is 0 Å². The molecule has 0 heterocycles. The molecule has 7 heteroatoms. The maximum atomic E-state index is 11.9. The first-order chi connectivity index (χ1) is 9.40. The van der Waals surface area contributed by atoms with Crippen LogP contribution in [0.25, 0.3) is 0 Å². The number of halogens is 1. The molecule has 1 aromatic carbocycles. The summed E-state index contributed by atoms with van der Waals surface area (Å²) in [7, 11) is 0. The van der Waals surface area contributed by atoms with Gasteiger partial charge in [-0.3, -0.25) is 4.79 Å². The zero-order valence-electron chi connectivity index (χ0n) is 11.4. The standard InChI is InChI=1S/C13H18ClN3O3/c1-3-17(4-2)11(18)7-16-12-9(13(19)20)5-8(15)6-10(12)14/h5-6,16H,3-4,7,15H2,1-2H3,(H,19,20). The van der Waals surface area contributed by atoms with Gasteiger partial charge in [-0.2, -0.15) is 0 Å². The van der Waals surface area contributed by atoms with E-state index in [9.17, 15) is 9.59 Å². The minimum Gasteiger partial charge on any atom is -0.478 e. The van der Waals surface area contributed by atoms with Gasteiger partial charge in [0.2, 0.25) is 5.91 Å². The van der Waals surface area contributed by atoms with Gasteiger partial charge >= 0.3 is 5.97 Å². The summed E-state index contributed by atoms with van der Waals surface area (Å²) in [6, 6.07) is 2.75. The number of carboxylic acids is 1. The van der Waals surface area contributed by atoms with Crippen LogP contribution >= 0.6 is 11.6 Å². The average Bonchev–Trinajstić information content (AvgIpc) is 2.38. The highest BCUT2D eigenvalue weighted by atomic mass is 35.5. The van der Waals surface area contributed by atoms with E-state index in [0.29, 0.717) is 13.1 Å². The molecule has 0 radical (unpaired) electrons. The van der Waals surface area contributed by atoms with Gasteiger partial charge in [0.05, 0.1) is 22.8 Å². The number of nitrogens with two attached hydrogens (primary N) is 1. The maximum Gasteiger partial charge on any atom is 0.337 e. The van der Waals surface area contributed by atoms with E-state index < -0.39 is 5.97 Å². The number of carboxylic acid groups (broad SMARTS) is 1. The number of anilines is 2. The maximum absolute atomic E-state index is 11.9. The number of nitrogens with zero attached hydrogens (tertiary/aromatic N) is 1. The Bertz CT molecular complexity index is 516. The Balaban J connectivity index is 2.93. The Labute approximate surface area is 122 Å². The summed E-state index contributed by atoms with van der Waals surface area (Å²) >= 11 is 5.98. The Morgan fingerprint density at radius 2 is 1.95 bits per heavy atom. The van der Waals surface area contributed by atoms with Crippen LogP contribution in [0.4, 0.5) is 11.4 Å². The molecular weight excluding hydrogens is 282 g/mol. The van der Waals surface area contributed by atoms with Crippen molar-refractivity contribution in [2.45, 2.75) is 13.8 Å². The van der Waals surface area contributed by atoms with E-state index in [-0.39, 0.29) is 34.4 Å². The molecule has 0 saturated carbocycles. The molecule has 0 aliphatic heterocycles. The van der Waals surface area contributed by atoms with Crippen molar-refractivity contribution >= 4 is 34.9 Å². The molecule has 1 aromatic rings. The lowest BCUT2D eigenvalue weighted by atomic mass is 10.1. The molecule has 4 N–H and O–H groups in total. The van der Waals surface area contributed by atoms with Gasteiger partial charge in [-0.1, -0.05) is 11.6 Å². The van der Waals surface area contributed by atoms with Crippen molar-refractivity contribution < 1.29 is 14.7 Å². The van der Waals surface area contributed by atoms with Crippen molar-refractivity contribution in [3.05, 3.63) is 22.7 Å². The lowest BCUT2D eigenvalue weighted by Gasteiger charge is -2.20. The average molecular weight is 300 g/mol. The summed E-state index contributed by atoms with van der Waals surface area (Å²) in [5.41, 5.74) is 5.97. The normalized spacial score (nSPS) is 10.2. The smallest absolute Gasteiger partial charge is 0.337 e. The lowest BCUT2D eigenvalue weighted by molar-refractivity contribution is -0.128. The zero-order chi connectivity index (χ0) is 15.3. The van der Waals surface area contributed by atoms with Crippen molar-refractivity contribution in [2.75, 3.05) is 30.7 Å². The number of nitrogens with one attached hydrogen (secondary N) is 1.